The predicted molar refractivity (Wildman–Crippen MR) is 30.6 cm³/mol. The van der Waals surface area contributed by atoms with Crippen LogP contribution in [0, 0.1) is 0 Å². The fourth-order valence-corrected chi connectivity index (χ4v) is 1.23. The fourth-order valence-electron chi connectivity index (χ4n) is 1.23. The summed E-state index contributed by atoms with van der Waals surface area (Å²) in [4.78, 5) is 21.9. The molecule has 2 rings (SSSR count). The van der Waals surface area contributed by atoms with E-state index in [4.69, 9.17) is 5.11 Å². The van der Waals surface area contributed by atoms with E-state index in [0.717, 1.165) is 11.3 Å². The number of rotatable bonds is 0. The summed E-state index contributed by atoms with van der Waals surface area (Å²) in [5, 5.41) is 11.0. The average molecular weight is 142 g/mol. The summed E-state index contributed by atoms with van der Waals surface area (Å²) in [6.45, 7) is 0. The molecule has 0 aromatic heterocycles. The predicted octanol–water partition coefficient (Wildman–Crippen LogP) is -0.169. The van der Waals surface area contributed by atoms with Gasteiger partial charge < -0.3 is 10.4 Å². The molecule has 5 heteroatoms. The topological polar surface area (TPSA) is 69.6 Å². The molecule has 2 fully saturated rings. The summed E-state index contributed by atoms with van der Waals surface area (Å²) in [7, 11) is 0. The maximum atomic E-state index is 10.7. The minimum absolute atomic E-state index is 0.0787. The summed E-state index contributed by atoms with van der Waals surface area (Å²) in [6, 6.07) is -0.456. The monoisotopic (exact) mass is 142 g/mol. The van der Waals surface area contributed by atoms with Gasteiger partial charge in [0.05, 0.1) is 12.1 Å². The van der Waals surface area contributed by atoms with Crippen molar-refractivity contribution in [3.8, 4) is 0 Å². The Morgan fingerprint density at radius 2 is 2.50 bits per heavy atom. The number of carbonyl (C=O) groups excluding carboxylic acids is 1. The van der Waals surface area contributed by atoms with Crippen LogP contribution in [0.25, 0.3) is 0 Å². The lowest BCUT2D eigenvalue weighted by Gasteiger charge is -2.08. The van der Waals surface area contributed by atoms with Crippen molar-refractivity contribution in [1.82, 2.24) is 10.2 Å². The maximum absolute atomic E-state index is 10.7. The van der Waals surface area contributed by atoms with Crippen molar-refractivity contribution < 1.29 is 14.7 Å². The maximum Gasteiger partial charge on any atom is 0.415 e. The van der Waals surface area contributed by atoms with Crippen LogP contribution < -0.4 is 5.32 Å². The Hall–Kier alpha value is -1.26. The van der Waals surface area contributed by atoms with Gasteiger partial charge in [0.2, 0.25) is 0 Å². The van der Waals surface area contributed by atoms with Crippen LogP contribution in [0.1, 0.15) is 6.42 Å². The van der Waals surface area contributed by atoms with Gasteiger partial charge in [0, 0.05) is 0 Å². The van der Waals surface area contributed by atoms with Gasteiger partial charge in [0.15, 0.2) is 0 Å². The van der Waals surface area contributed by atoms with Gasteiger partial charge in [-0.05, 0) is 6.42 Å². The number of nitrogens with zero attached hydrogens (tertiary/aromatic N) is 1. The van der Waals surface area contributed by atoms with Crippen molar-refractivity contribution in [2.45, 2.75) is 18.5 Å². The van der Waals surface area contributed by atoms with E-state index >= 15 is 0 Å². The minimum atomic E-state index is -1.15. The Bertz CT molecular complexity index is 215. The van der Waals surface area contributed by atoms with Gasteiger partial charge in [-0.2, -0.15) is 0 Å². The number of nitrogens with one attached hydrogen (secondary N) is 1. The van der Waals surface area contributed by atoms with Crippen molar-refractivity contribution in [2.24, 2.45) is 0 Å². The van der Waals surface area contributed by atoms with Gasteiger partial charge >= 0.3 is 12.1 Å². The first-order valence-corrected chi connectivity index (χ1v) is 3.03. The van der Waals surface area contributed by atoms with Crippen LogP contribution in [0.15, 0.2) is 0 Å². The highest BCUT2D eigenvalue weighted by Gasteiger charge is 2.54. The molecule has 0 radical (unpaired) electrons. The second-order valence-corrected chi connectivity index (χ2v) is 2.51. The van der Waals surface area contributed by atoms with Crippen LogP contribution in [-0.4, -0.2) is 34.2 Å². The van der Waals surface area contributed by atoms with E-state index in [1.165, 1.54) is 0 Å². The Morgan fingerprint density at radius 1 is 1.80 bits per heavy atom. The third-order valence-electron chi connectivity index (χ3n) is 1.82. The zero-order chi connectivity index (χ0) is 7.30. The highest BCUT2D eigenvalue weighted by atomic mass is 16.4. The molecule has 10 heavy (non-hydrogen) atoms. The van der Waals surface area contributed by atoms with Crippen LogP contribution in [0.5, 0.6) is 0 Å². The first-order chi connectivity index (χ1) is 4.70. The highest BCUT2D eigenvalue weighted by molar-refractivity contribution is 5.94. The number of hydrogen-bond donors (Lipinski definition) is 2. The van der Waals surface area contributed by atoms with E-state index in [2.05, 4.69) is 5.32 Å². The van der Waals surface area contributed by atoms with Crippen molar-refractivity contribution >= 4 is 12.1 Å². The molecule has 5 nitrogen and oxygen atoms in total. The molecule has 0 aromatic carbocycles. The fraction of sp³-hybridized carbons (Fsp3) is 0.600. The average Bonchev–Trinajstić information content (AvgIpc) is 2.42. The molecule has 2 unspecified atom stereocenters. The molecule has 1 heterocycles. The zero-order valence-electron chi connectivity index (χ0n) is 5.07. The highest BCUT2D eigenvalue weighted by Crippen LogP contribution is 2.33. The van der Waals surface area contributed by atoms with Crippen LogP contribution in [0.2, 0.25) is 0 Å². The van der Waals surface area contributed by atoms with E-state index in [1.54, 1.807) is 0 Å². The molecule has 54 valence electrons. The number of carbonyl (C=O) groups is 2. The van der Waals surface area contributed by atoms with Gasteiger partial charge in [-0.25, -0.2) is 14.5 Å². The quantitative estimate of drug-likeness (QED) is 0.493. The molecular weight excluding hydrogens is 136 g/mol. The summed E-state index contributed by atoms with van der Waals surface area (Å²) in [5.74, 6) is 0. The lowest BCUT2D eigenvalue weighted by molar-refractivity contribution is 0.152. The number of fused-ring (bicyclic) bond motifs is 1. The van der Waals surface area contributed by atoms with Crippen LogP contribution >= 0.6 is 0 Å². The molecule has 2 atom stereocenters. The standard InChI is InChI=1S/C5H6N2O3/c8-4-6-2-1-3(2)7(4)5(9)10/h2-3H,1H2,(H,6,8)(H,9,10). The van der Waals surface area contributed by atoms with Crippen LogP contribution in [0.4, 0.5) is 9.59 Å². The van der Waals surface area contributed by atoms with Gasteiger partial charge in [0.1, 0.15) is 0 Å². The van der Waals surface area contributed by atoms with Crippen LogP contribution in [-0.2, 0) is 0 Å². The molecule has 3 amide bonds. The second kappa shape index (κ2) is 1.42. The third kappa shape index (κ3) is 0.516. The second-order valence-electron chi connectivity index (χ2n) is 2.51. The van der Waals surface area contributed by atoms with Crippen molar-refractivity contribution in [2.75, 3.05) is 0 Å². The molecule has 1 saturated carbocycles. The van der Waals surface area contributed by atoms with Gasteiger partial charge in [-0.3, -0.25) is 0 Å². The molecular formula is C5H6N2O3. The van der Waals surface area contributed by atoms with Crippen molar-refractivity contribution in [3.63, 3.8) is 0 Å². The molecule has 0 spiro atoms. The molecule has 1 saturated heterocycles. The van der Waals surface area contributed by atoms with Gasteiger partial charge in [-0.15, -0.1) is 0 Å². The zero-order valence-corrected chi connectivity index (χ0v) is 5.07. The normalized spacial score (nSPS) is 35.2. The molecule has 2 N–H and O–H groups in total. The Morgan fingerprint density at radius 3 is 2.80 bits per heavy atom. The van der Waals surface area contributed by atoms with E-state index in [-0.39, 0.29) is 12.1 Å². The number of urea groups is 1. The lowest BCUT2D eigenvalue weighted by Crippen LogP contribution is -2.37. The first kappa shape index (κ1) is 5.52. The minimum Gasteiger partial charge on any atom is -0.465 e. The molecule has 0 aromatic rings. The summed E-state index contributed by atoms with van der Waals surface area (Å²) in [6.07, 6.45) is -0.375. The van der Waals surface area contributed by atoms with E-state index in [9.17, 15) is 9.59 Å². The van der Waals surface area contributed by atoms with Gasteiger partial charge in [0.25, 0.3) is 0 Å². The largest absolute Gasteiger partial charge is 0.465 e. The summed E-state index contributed by atoms with van der Waals surface area (Å²) in [5.41, 5.74) is 0. The first-order valence-electron chi connectivity index (χ1n) is 3.03. The number of imide groups is 1. The SMILES string of the molecule is O=C(O)N1C(=O)NC2CC21. The lowest BCUT2D eigenvalue weighted by atomic mass is 10.6. The van der Waals surface area contributed by atoms with Crippen molar-refractivity contribution in [3.05, 3.63) is 0 Å². The summed E-state index contributed by atoms with van der Waals surface area (Å²) < 4.78 is 0. The number of carboxylic acid groups (broad SMARTS) is 1. The summed E-state index contributed by atoms with van der Waals surface area (Å²) >= 11 is 0. The molecule has 2 aliphatic rings. The molecule has 0 bridgehead atoms. The number of amides is 3. The van der Waals surface area contributed by atoms with E-state index in [1.807, 2.05) is 0 Å². The smallest absolute Gasteiger partial charge is 0.415 e. The number of hydrogen-bond acceptors (Lipinski definition) is 2. The Kier molecular flexibility index (Phi) is 0.783. The Balaban J connectivity index is 2.19. The third-order valence-corrected chi connectivity index (χ3v) is 1.82. The molecule has 1 aliphatic heterocycles. The van der Waals surface area contributed by atoms with E-state index < -0.39 is 12.1 Å². The van der Waals surface area contributed by atoms with Gasteiger partial charge in [-0.1, -0.05) is 0 Å². The Labute approximate surface area is 56.6 Å². The molecule has 1 aliphatic carbocycles. The van der Waals surface area contributed by atoms with E-state index in [0.29, 0.717) is 0 Å². The van der Waals surface area contributed by atoms with Crippen LogP contribution in [0.3, 0.4) is 0 Å². The van der Waals surface area contributed by atoms with Crippen molar-refractivity contribution in [1.29, 1.82) is 0 Å².